The lowest BCUT2D eigenvalue weighted by Crippen LogP contribution is -2.57. The minimum absolute atomic E-state index is 0.0343. The van der Waals surface area contributed by atoms with Crippen molar-refractivity contribution in [3.05, 3.63) is 0 Å². The van der Waals surface area contributed by atoms with Crippen molar-refractivity contribution in [3.8, 4) is 0 Å². The van der Waals surface area contributed by atoms with Crippen LogP contribution in [-0.4, -0.2) is 44.7 Å². The number of carbonyl (C=O) groups is 2. The monoisotopic (exact) mass is 400 g/mol. The van der Waals surface area contributed by atoms with Crippen LogP contribution in [0.4, 0.5) is 0 Å². The lowest BCUT2D eigenvalue weighted by Gasteiger charge is -2.34. The molecule has 0 aliphatic rings. The fourth-order valence-corrected chi connectivity index (χ4v) is 3.73. The predicted octanol–water partition coefficient (Wildman–Crippen LogP) is 4.49. The topological polar surface area (TPSA) is 94.8 Å². The second kappa shape index (κ2) is 16.1. The summed E-state index contributed by atoms with van der Waals surface area (Å²) in [5.74, 6) is -1.29. The highest BCUT2D eigenvalue weighted by Crippen LogP contribution is 2.26. The van der Waals surface area contributed by atoms with Crippen LogP contribution in [0, 0.1) is 0 Å². The Kier molecular flexibility index (Phi) is 15.6. The van der Waals surface area contributed by atoms with Crippen molar-refractivity contribution in [2.24, 2.45) is 0 Å². The van der Waals surface area contributed by atoms with Gasteiger partial charge in [0.05, 0.1) is 0 Å². The van der Waals surface area contributed by atoms with E-state index in [1.54, 1.807) is 0 Å². The molecule has 0 spiro atoms. The highest BCUT2D eigenvalue weighted by atomic mass is 16.4. The van der Waals surface area contributed by atoms with Gasteiger partial charge in [-0.15, -0.1) is 0 Å². The number of carbonyl (C=O) groups excluding carboxylic acids is 2. The summed E-state index contributed by atoms with van der Waals surface area (Å²) < 4.78 is 0. The number of aliphatic hydroxyl groups excluding tert-OH is 2. The summed E-state index contributed by atoms with van der Waals surface area (Å²) in [6.07, 6.45) is 13.3. The lowest BCUT2D eigenvalue weighted by molar-refractivity contribution is -0.172. The second-order valence-corrected chi connectivity index (χ2v) is 8.36. The quantitative estimate of drug-likeness (QED) is 0.278. The molecule has 0 aromatic heterocycles. The minimum atomic E-state index is -2.09. The maximum atomic E-state index is 11.4. The molecule has 0 aromatic rings. The molecule has 0 aliphatic carbocycles. The van der Waals surface area contributed by atoms with Crippen LogP contribution in [0.15, 0.2) is 0 Å². The molecule has 166 valence electrons. The highest BCUT2D eigenvalue weighted by molar-refractivity contribution is 5.86. The maximum absolute atomic E-state index is 11.4. The summed E-state index contributed by atoms with van der Waals surface area (Å²) in [6, 6.07) is 0. The molecule has 0 saturated carbocycles. The third kappa shape index (κ3) is 11.3. The van der Waals surface area contributed by atoms with Crippen molar-refractivity contribution in [1.82, 2.24) is 0 Å². The lowest BCUT2D eigenvalue weighted by atomic mass is 9.81. The molecule has 3 N–H and O–H groups in total. The molecule has 0 fully saturated rings. The first-order valence-corrected chi connectivity index (χ1v) is 11.4. The maximum Gasteiger partial charge on any atom is 0.161 e. The Morgan fingerprint density at radius 3 is 1.21 bits per heavy atom. The van der Waals surface area contributed by atoms with Gasteiger partial charge in [0.1, 0.15) is 17.8 Å². The van der Waals surface area contributed by atoms with Crippen LogP contribution in [0.5, 0.6) is 0 Å². The van der Waals surface area contributed by atoms with Crippen LogP contribution in [0.2, 0.25) is 0 Å². The van der Waals surface area contributed by atoms with E-state index in [4.69, 9.17) is 0 Å². The minimum Gasteiger partial charge on any atom is -0.383 e. The van der Waals surface area contributed by atoms with Gasteiger partial charge in [-0.05, 0) is 20.3 Å². The van der Waals surface area contributed by atoms with Crippen molar-refractivity contribution in [1.29, 1.82) is 0 Å². The van der Waals surface area contributed by atoms with Gasteiger partial charge in [-0.1, -0.05) is 96.8 Å². The van der Waals surface area contributed by atoms with Crippen molar-refractivity contribution in [3.63, 3.8) is 0 Å². The van der Waals surface area contributed by atoms with E-state index in [-0.39, 0.29) is 6.42 Å². The third-order valence-corrected chi connectivity index (χ3v) is 5.65. The van der Waals surface area contributed by atoms with Gasteiger partial charge in [-0.3, -0.25) is 9.59 Å². The smallest absolute Gasteiger partial charge is 0.161 e. The van der Waals surface area contributed by atoms with Gasteiger partial charge in [0.25, 0.3) is 0 Å². The van der Waals surface area contributed by atoms with Gasteiger partial charge in [-0.2, -0.15) is 0 Å². The van der Waals surface area contributed by atoms with Gasteiger partial charge in [0.2, 0.25) is 0 Å². The number of hydrogen-bond donors (Lipinski definition) is 3. The number of aliphatic hydroxyl groups is 3. The van der Waals surface area contributed by atoms with E-state index in [1.807, 2.05) is 0 Å². The molecule has 0 aromatic carbocycles. The van der Waals surface area contributed by atoms with Crippen molar-refractivity contribution < 1.29 is 24.9 Å². The molecule has 0 bridgehead atoms. The van der Waals surface area contributed by atoms with E-state index < -0.39 is 29.4 Å². The molecule has 28 heavy (non-hydrogen) atoms. The highest BCUT2D eigenvalue weighted by Gasteiger charge is 2.46. The van der Waals surface area contributed by atoms with Crippen LogP contribution in [0.3, 0.4) is 0 Å². The van der Waals surface area contributed by atoms with Crippen LogP contribution >= 0.6 is 0 Å². The number of ketones is 2. The molecule has 2 atom stereocenters. The zero-order valence-corrected chi connectivity index (χ0v) is 18.4. The average Bonchev–Trinajstić information content (AvgIpc) is 2.66. The van der Waals surface area contributed by atoms with Crippen LogP contribution < -0.4 is 0 Å². The Morgan fingerprint density at radius 1 is 0.643 bits per heavy atom. The van der Waals surface area contributed by atoms with E-state index in [2.05, 4.69) is 6.92 Å². The molecule has 0 saturated heterocycles. The van der Waals surface area contributed by atoms with Crippen LogP contribution in [-0.2, 0) is 9.59 Å². The fraction of sp³-hybridized carbons (Fsp3) is 0.913. The molecular formula is C23H44O5. The van der Waals surface area contributed by atoms with Crippen molar-refractivity contribution >= 4 is 11.6 Å². The average molecular weight is 401 g/mol. The van der Waals surface area contributed by atoms with E-state index in [9.17, 15) is 24.9 Å². The van der Waals surface area contributed by atoms with Crippen LogP contribution in [0.25, 0.3) is 0 Å². The molecule has 2 unspecified atom stereocenters. The molecule has 5 nitrogen and oxygen atoms in total. The number of rotatable bonds is 19. The summed E-state index contributed by atoms with van der Waals surface area (Å²) in [7, 11) is 0. The Hall–Kier alpha value is -0.780. The summed E-state index contributed by atoms with van der Waals surface area (Å²) in [4.78, 5) is 22.9. The van der Waals surface area contributed by atoms with Gasteiger partial charge in [0, 0.05) is 0 Å². The van der Waals surface area contributed by atoms with Gasteiger partial charge >= 0.3 is 0 Å². The van der Waals surface area contributed by atoms with Gasteiger partial charge in [0.15, 0.2) is 11.6 Å². The number of Topliss-reactive ketones (excluding diaryl/α,β-unsaturated/α-hetero) is 2. The molecule has 0 radical (unpaired) electrons. The normalized spacial score (nSPS) is 15.8. The third-order valence-electron chi connectivity index (χ3n) is 5.65. The Balaban J connectivity index is 3.84. The second-order valence-electron chi connectivity index (χ2n) is 8.36. The molecule has 5 heteroatoms. The van der Waals surface area contributed by atoms with Gasteiger partial charge < -0.3 is 15.3 Å². The number of hydrogen-bond acceptors (Lipinski definition) is 5. The predicted molar refractivity (Wildman–Crippen MR) is 113 cm³/mol. The van der Waals surface area contributed by atoms with E-state index in [0.29, 0.717) is 6.42 Å². The van der Waals surface area contributed by atoms with E-state index in [0.717, 1.165) is 33.1 Å². The van der Waals surface area contributed by atoms with Crippen LogP contribution in [0.1, 0.15) is 117 Å². The van der Waals surface area contributed by atoms with E-state index >= 15 is 0 Å². The summed E-state index contributed by atoms with van der Waals surface area (Å²) in [6.45, 7) is 4.53. The SMILES string of the molecule is CCCCCCCCCCCCCCCCC(O)(C(O)C(C)=O)C(O)C(C)=O. The first-order valence-electron chi connectivity index (χ1n) is 11.4. The molecule has 0 heterocycles. The standard InChI is InChI=1S/C23H44O5/c1-4-5-6-7-8-9-10-11-12-13-14-15-16-17-18-23(28,21(26)19(2)24)22(27)20(3)25/h21-22,26-28H,4-18H2,1-3H3. The van der Waals surface area contributed by atoms with Gasteiger partial charge in [-0.25, -0.2) is 0 Å². The molecule has 0 amide bonds. The Morgan fingerprint density at radius 2 is 0.929 bits per heavy atom. The largest absolute Gasteiger partial charge is 0.383 e. The van der Waals surface area contributed by atoms with Crippen molar-refractivity contribution in [2.45, 2.75) is 135 Å². The van der Waals surface area contributed by atoms with Crippen molar-refractivity contribution in [2.75, 3.05) is 0 Å². The number of unbranched alkanes of at least 4 members (excludes halogenated alkanes) is 13. The molecular weight excluding hydrogens is 356 g/mol. The summed E-state index contributed by atoms with van der Waals surface area (Å²) >= 11 is 0. The Bertz CT molecular complexity index is 401. The summed E-state index contributed by atoms with van der Waals surface area (Å²) in [5, 5.41) is 30.5. The summed E-state index contributed by atoms with van der Waals surface area (Å²) in [5.41, 5.74) is -2.09. The zero-order chi connectivity index (χ0) is 21.4. The first kappa shape index (κ1) is 27.2. The molecule has 0 aliphatic heterocycles. The fourth-order valence-electron chi connectivity index (χ4n) is 3.73. The Labute approximate surface area is 171 Å². The molecule has 0 rings (SSSR count). The van der Waals surface area contributed by atoms with E-state index in [1.165, 1.54) is 64.2 Å². The first-order chi connectivity index (χ1) is 13.3. The zero-order valence-electron chi connectivity index (χ0n) is 18.4.